The first-order chi connectivity index (χ1) is 9.51. The summed E-state index contributed by atoms with van der Waals surface area (Å²) in [6.07, 6.45) is 0.0769. The summed E-state index contributed by atoms with van der Waals surface area (Å²) in [6.45, 7) is 3.90. The average molecular weight is 269 g/mol. The molecule has 0 radical (unpaired) electrons. The Morgan fingerprint density at radius 2 is 2.10 bits per heavy atom. The molecule has 5 heteroatoms. The number of hydrogen-bond acceptors (Lipinski definition) is 4. The van der Waals surface area contributed by atoms with E-state index in [1.165, 1.54) is 17.8 Å². The van der Waals surface area contributed by atoms with Gasteiger partial charge in [-0.2, -0.15) is 10.4 Å². The lowest BCUT2D eigenvalue weighted by Gasteiger charge is -2.11. The summed E-state index contributed by atoms with van der Waals surface area (Å²) >= 11 is 0. The largest absolute Gasteiger partial charge is 0.491 e. The molecule has 102 valence electrons. The van der Waals surface area contributed by atoms with E-state index in [1.807, 2.05) is 44.2 Å². The third kappa shape index (κ3) is 2.86. The maximum atomic E-state index is 11.6. The Labute approximate surface area is 117 Å². The van der Waals surface area contributed by atoms with Crippen molar-refractivity contribution in [1.29, 1.82) is 5.26 Å². The Morgan fingerprint density at radius 3 is 2.75 bits per heavy atom. The van der Waals surface area contributed by atoms with Crippen molar-refractivity contribution >= 4 is 0 Å². The zero-order valence-corrected chi connectivity index (χ0v) is 11.6. The van der Waals surface area contributed by atoms with Crippen LogP contribution in [0, 0.1) is 11.3 Å². The molecule has 0 N–H and O–H groups in total. The van der Waals surface area contributed by atoms with Crippen LogP contribution in [0.5, 0.6) is 5.75 Å². The van der Waals surface area contributed by atoms with Crippen LogP contribution in [-0.2, 0) is 7.05 Å². The molecular formula is C15H15N3O2. The highest BCUT2D eigenvalue weighted by molar-refractivity contribution is 5.62. The summed E-state index contributed by atoms with van der Waals surface area (Å²) in [4.78, 5) is 11.6. The zero-order chi connectivity index (χ0) is 14.7. The van der Waals surface area contributed by atoms with Crippen molar-refractivity contribution in [2.45, 2.75) is 20.0 Å². The molecule has 0 unspecified atom stereocenters. The SMILES string of the molecule is CC(C)Oc1cccc(-c2cc(C#N)c(=O)n(C)n2)c1. The predicted molar refractivity (Wildman–Crippen MR) is 75.4 cm³/mol. The van der Waals surface area contributed by atoms with Gasteiger partial charge in [0.1, 0.15) is 17.4 Å². The van der Waals surface area contributed by atoms with Crippen LogP contribution >= 0.6 is 0 Å². The molecule has 0 aliphatic rings. The molecule has 2 aromatic rings. The number of benzene rings is 1. The molecule has 2 rings (SSSR count). The van der Waals surface area contributed by atoms with Crippen LogP contribution in [0.25, 0.3) is 11.3 Å². The molecule has 20 heavy (non-hydrogen) atoms. The first-order valence-electron chi connectivity index (χ1n) is 6.27. The first kappa shape index (κ1) is 13.8. The van der Waals surface area contributed by atoms with E-state index in [4.69, 9.17) is 10.00 Å². The average Bonchev–Trinajstić information content (AvgIpc) is 2.41. The fourth-order valence-corrected chi connectivity index (χ4v) is 1.83. The van der Waals surface area contributed by atoms with Gasteiger partial charge in [-0.3, -0.25) is 4.79 Å². The summed E-state index contributed by atoms with van der Waals surface area (Å²) in [5.41, 5.74) is 1.05. The van der Waals surface area contributed by atoms with Gasteiger partial charge in [0.15, 0.2) is 0 Å². The van der Waals surface area contributed by atoms with E-state index >= 15 is 0 Å². The molecule has 0 amide bonds. The van der Waals surface area contributed by atoms with Crippen LogP contribution in [-0.4, -0.2) is 15.9 Å². The van der Waals surface area contributed by atoms with Gasteiger partial charge in [-0.1, -0.05) is 12.1 Å². The molecule has 0 spiro atoms. The molecule has 0 atom stereocenters. The number of rotatable bonds is 3. The van der Waals surface area contributed by atoms with Gasteiger partial charge in [0.2, 0.25) is 0 Å². The molecule has 0 bridgehead atoms. The molecule has 0 aliphatic heterocycles. The van der Waals surface area contributed by atoms with E-state index in [0.29, 0.717) is 5.69 Å². The standard InChI is InChI=1S/C15H15N3O2/c1-10(2)20-13-6-4-5-11(7-13)14-8-12(9-16)15(19)18(3)17-14/h4-8,10H,1-3H3. The summed E-state index contributed by atoms with van der Waals surface area (Å²) in [7, 11) is 1.53. The maximum absolute atomic E-state index is 11.6. The van der Waals surface area contributed by atoms with Crippen molar-refractivity contribution in [3.8, 4) is 23.1 Å². The van der Waals surface area contributed by atoms with Crippen molar-refractivity contribution < 1.29 is 4.74 Å². The molecular weight excluding hydrogens is 254 g/mol. The molecule has 0 aliphatic carbocycles. The van der Waals surface area contributed by atoms with Gasteiger partial charge in [0, 0.05) is 12.6 Å². The van der Waals surface area contributed by atoms with Crippen LogP contribution in [0.15, 0.2) is 35.1 Å². The van der Waals surface area contributed by atoms with Crippen LogP contribution in [0.4, 0.5) is 0 Å². The molecule has 1 aromatic carbocycles. The van der Waals surface area contributed by atoms with Gasteiger partial charge in [-0.25, -0.2) is 4.68 Å². The summed E-state index contributed by atoms with van der Waals surface area (Å²) in [5, 5.41) is 13.1. The van der Waals surface area contributed by atoms with Crippen molar-refractivity contribution in [2.24, 2.45) is 7.05 Å². The van der Waals surface area contributed by atoms with Gasteiger partial charge in [0.25, 0.3) is 5.56 Å². The Bertz CT molecular complexity index is 727. The van der Waals surface area contributed by atoms with Crippen molar-refractivity contribution in [3.63, 3.8) is 0 Å². The van der Waals surface area contributed by atoms with Crippen molar-refractivity contribution in [1.82, 2.24) is 9.78 Å². The first-order valence-corrected chi connectivity index (χ1v) is 6.27. The van der Waals surface area contributed by atoms with Gasteiger partial charge in [-0.05, 0) is 32.0 Å². The van der Waals surface area contributed by atoms with Gasteiger partial charge in [-0.15, -0.1) is 0 Å². The van der Waals surface area contributed by atoms with E-state index < -0.39 is 5.56 Å². The number of aryl methyl sites for hydroxylation is 1. The lowest BCUT2D eigenvalue weighted by molar-refractivity contribution is 0.242. The molecule has 1 heterocycles. The summed E-state index contributed by atoms with van der Waals surface area (Å²) in [5.74, 6) is 0.728. The van der Waals surface area contributed by atoms with Crippen LogP contribution < -0.4 is 10.3 Å². The van der Waals surface area contributed by atoms with Crippen LogP contribution in [0.1, 0.15) is 19.4 Å². The quantitative estimate of drug-likeness (QED) is 0.855. The highest BCUT2D eigenvalue weighted by Crippen LogP contribution is 2.22. The highest BCUT2D eigenvalue weighted by Gasteiger charge is 2.08. The van der Waals surface area contributed by atoms with Gasteiger partial charge in [0.05, 0.1) is 11.8 Å². The van der Waals surface area contributed by atoms with Crippen molar-refractivity contribution in [3.05, 3.63) is 46.2 Å². The highest BCUT2D eigenvalue weighted by atomic mass is 16.5. The second-order valence-corrected chi connectivity index (χ2v) is 4.68. The van der Waals surface area contributed by atoms with Gasteiger partial charge < -0.3 is 4.74 Å². The second-order valence-electron chi connectivity index (χ2n) is 4.68. The van der Waals surface area contributed by atoms with Crippen molar-refractivity contribution in [2.75, 3.05) is 0 Å². The normalized spacial score (nSPS) is 10.3. The smallest absolute Gasteiger partial charge is 0.284 e. The number of ether oxygens (including phenoxy) is 1. The van der Waals surface area contributed by atoms with Gasteiger partial charge >= 0.3 is 0 Å². The number of aromatic nitrogens is 2. The van der Waals surface area contributed by atoms with E-state index in [2.05, 4.69) is 5.10 Å². The molecule has 0 saturated carbocycles. The third-order valence-corrected chi connectivity index (χ3v) is 2.69. The Morgan fingerprint density at radius 1 is 1.35 bits per heavy atom. The Hall–Kier alpha value is -2.61. The summed E-state index contributed by atoms with van der Waals surface area (Å²) < 4.78 is 6.80. The van der Waals surface area contributed by atoms with E-state index in [1.54, 1.807) is 0 Å². The minimum atomic E-state index is -0.397. The second kappa shape index (κ2) is 5.57. The minimum Gasteiger partial charge on any atom is -0.491 e. The maximum Gasteiger partial charge on any atom is 0.284 e. The lowest BCUT2D eigenvalue weighted by Crippen LogP contribution is -2.22. The lowest BCUT2D eigenvalue weighted by atomic mass is 10.1. The summed E-state index contributed by atoms with van der Waals surface area (Å²) in [6, 6.07) is 10.8. The fraction of sp³-hybridized carbons (Fsp3) is 0.267. The molecule has 5 nitrogen and oxygen atoms in total. The van der Waals surface area contributed by atoms with E-state index in [-0.39, 0.29) is 11.7 Å². The zero-order valence-electron chi connectivity index (χ0n) is 11.6. The number of hydrogen-bond donors (Lipinski definition) is 0. The fourth-order valence-electron chi connectivity index (χ4n) is 1.83. The number of nitriles is 1. The predicted octanol–water partition coefficient (Wildman–Crippen LogP) is 2.11. The topological polar surface area (TPSA) is 67.9 Å². The third-order valence-electron chi connectivity index (χ3n) is 2.69. The minimum absolute atomic E-state index is 0.0766. The van der Waals surface area contributed by atoms with Crippen LogP contribution in [0.2, 0.25) is 0 Å². The number of nitrogens with zero attached hydrogens (tertiary/aromatic N) is 3. The van der Waals surface area contributed by atoms with Crippen LogP contribution in [0.3, 0.4) is 0 Å². The van der Waals surface area contributed by atoms with E-state index in [9.17, 15) is 4.79 Å². The Balaban J connectivity index is 2.49. The van der Waals surface area contributed by atoms with E-state index in [0.717, 1.165) is 11.3 Å². The molecule has 0 fully saturated rings. The Kier molecular flexibility index (Phi) is 3.85. The monoisotopic (exact) mass is 269 g/mol. The molecule has 1 aromatic heterocycles. The molecule has 0 saturated heterocycles.